The zero-order chi connectivity index (χ0) is 11.8. The van der Waals surface area contributed by atoms with Gasteiger partial charge in [-0.25, -0.2) is 0 Å². The molecular weight excluding hydrogens is 208 g/mol. The van der Waals surface area contributed by atoms with E-state index in [1.54, 1.807) is 0 Å². The molecule has 3 rings (SSSR count). The monoisotopic (exact) mass is 230 g/mol. The first-order chi connectivity index (χ1) is 8.24. The number of rotatable bonds is 3. The molecule has 2 fully saturated rings. The van der Waals surface area contributed by atoms with Crippen LogP contribution in [-0.2, 0) is 0 Å². The Kier molecular flexibility index (Phi) is 2.73. The highest BCUT2D eigenvalue weighted by Crippen LogP contribution is 2.50. The minimum atomic E-state index is 0.735. The van der Waals surface area contributed by atoms with E-state index < -0.39 is 0 Å². The first kappa shape index (κ1) is 10.9. The average molecular weight is 230 g/mol. The summed E-state index contributed by atoms with van der Waals surface area (Å²) in [5.41, 5.74) is 2.55. The van der Waals surface area contributed by atoms with Crippen molar-refractivity contribution >= 4 is 11.4 Å². The van der Waals surface area contributed by atoms with Crippen molar-refractivity contribution in [3.05, 3.63) is 24.3 Å². The van der Waals surface area contributed by atoms with E-state index >= 15 is 0 Å². The van der Waals surface area contributed by atoms with Gasteiger partial charge in [-0.05, 0) is 48.9 Å². The summed E-state index contributed by atoms with van der Waals surface area (Å²) in [6.45, 7) is 0. The lowest BCUT2D eigenvalue weighted by atomic mass is 9.95. The number of nitrogens with one attached hydrogen (secondary N) is 1. The van der Waals surface area contributed by atoms with Crippen LogP contribution < -0.4 is 10.2 Å². The molecule has 2 heteroatoms. The SMILES string of the molecule is CN(C)c1ccc(NC2CCC[C@H]3C[C@@H]23)cc1. The number of nitrogens with zero attached hydrogens (tertiary/aromatic N) is 1. The number of hydrogen-bond acceptors (Lipinski definition) is 2. The largest absolute Gasteiger partial charge is 0.382 e. The Hall–Kier alpha value is -1.18. The van der Waals surface area contributed by atoms with Gasteiger partial charge in [0.15, 0.2) is 0 Å². The van der Waals surface area contributed by atoms with Crippen molar-refractivity contribution in [3.63, 3.8) is 0 Å². The molecule has 1 unspecified atom stereocenters. The molecule has 1 aromatic rings. The van der Waals surface area contributed by atoms with Crippen molar-refractivity contribution in [3.8, 4) is 0 Å². The number of anilines is 2. The topological polar surface area (TPSA) is 15.3 Å². The molecule has 2 aliphatic rings. The lowest BCUT2D eigenvalue weighted by Gasteiger charge is -2.24. The van der Waals surface area contributed by atoms with E-state index in [1.807, 2.05) is 0 Å². The maximum atomic E-state index is 3.72. The maximum absolute atomic E-state index is 3.72. The molecule has 2 nitrogen and oxygen atoms in total. The summed E-state index contributed by atoms with van der Waals surface area (Å²) in [5, 5.41) is 3.72. The van der Waals surface area contributed by atoms with Crippen molar-refractivity contribution in [1.82, 2.24) is 0 Å². The third-order valence-electron chi connectivity index (χ3n) is 4.32. The zero-order valence-electron chi connectivity index (χ0n) is 10.8. The van der Waals surface area contributed by atoms with Crippen molar-refractivity contribution in [2.24, 2.45) is 11.8 Å². The summed E-state index contributed by atoms with van der Waals surface area (Å²) in [5.74, 6) is 2.01. The zero-order valence-corrected chi connectivity index (χ0v) is 10.8. The van der Waals surface area contributed by atoms with Crippen LogP contribution in [0.1, 0.15) is 25.7 Å². The number of fused-ring (bicyclic) bond motifs is 1. The van der Waals surface area contributed by atoms with E-state index in [4.69, 9.17) is 0 Å². The summed E-state index contributed by atoms with van der Waals surface area (Å²) in [6.07, 6.45) is 5.71. The standard InChI is InChI=1S/C15H22N2/c1-17(2)13-8-6-12(7-9-13)16-15-5-3-4-11-10-14(11)15/h6-9,11,14-16H,3-5,10H2,1-2H3/t11-,14+,15?/m0/s1. The lowest BCUT2D eigenvalue weighted by molar-refractivity contribution is 0.440. The van der Waals surface area contributed by atoms with E-state index in [0.29, 0.717) is 0 Å². The normalized spacial score (nSPS) is 30.6. The molecule has 1 N–H and O–H groups in total. The Labute approximate surface area is 104 Å². The molecule has 2 aliphatic carbocycles. The van der Waals surface area contributed by atoms with Gasteiger partial charge in [-0.3, -0.25) is 0 Å². The molecule has 3 atom stereocenters. The fourth-order valence-corrected chi connectivity index (χ4v) is 3.16. The van der Waals surface area contributed by atoms with Crippen LogP contribution >= 0.6 is 0 Å². The molecule has 0 saturated heterocycles. The van der Waals surface area contributed by atoms with Gasteiger partial charge >= 0.3 is 0 Å². The fraction of sp³-hybridized carbons (Fsp3) is 0.600. The minimum Gasteiger partial charge on any atom is -0.382 e. The molecule has 17 heavy (non-hydrogen) atoms. The van der Waals surface area contributed by atoms with Crippen LogP contribution in [0.4, 0.5) is 11.4 Å². The molecule has 92 valence electrons. The van der Waals surface area contributed by atoms with Gasteiger partial charge in [0.2, 0.25) is 0 Å². The highest BCUT2D eigenvalue weighted by molar-refractivity contribution is 5.54. The lowest BCUT2D eigenvalue weighted by Crippen LogP contribution is -2.25. The maximum Gasteiger partial charge on any atom is 0.0362 e. The van der Waals surface area contributed by atoms with Gasteiger partial charge in [-0.15, -0.1) is 0 Å². The molecule has 0 bridgehead atoms. The average Bonchev–Trinajstić information content (AvgIpc) is 3.10. The van der Waals surface area contributed by atoms with Crippen LogP contribution in [-0.4, -0.2) is 20.1 Å². The van der Waals surface area contributed by atoms with Crippen LogP contribution in [0, 0.1) is 11.8 Å². The summed E-state index contributed by atoms with van der Waals surface area (Å²) >= 11 is 0. The van der Waals surface area contributed by atoms with Gasteiger partial charge in [0.25, 0.3) is 0 Å². The second-order valence-electron chi connectivity index (χ2n) is 5.78. The predicted molar refractivity (Wildman–Crippen MR) is 73.6 cm³/mol. The van der Waals surface area contributed by atoms with Crippen LogP contribution in [0.15, 0.2) is 24.3 Å². The molecule has 2 saturated carbocycles. The molecule has 0 heterocycles. The number of hydrogen-bond donors (Lipinski definition) is 1. The Bertz CT molecular complexity index is 382. The molecule has 0 amide bonds. The van der Waals surface area contributed by atoms with E-state index in [0.717, 1.165) is 17.9 Å². The Morgan fingerprint density at radius 1 is 1.12 bits per heavy atom. The molecule has 1 aromatic carbocycles. The van der Waals surface area contributed by atoms with Crippen LogP contribution in [0.3, 0.4) is 0 Å². The summed E-state index contributed by atoms with van der Waals surface area (Å²) < 4.78 is 0. The molecule has 0 aliphatic heterocycles. The van der Waals surface area contributed by atoms with Gasteiger partial charge in [-0.1, -0.05) is 12.8 Å². The summed E-state index contributed by atoms with van der Waals surface area (Å²) in [4.78, 5) is 2.14. The summed E-state index contributed by atoms with van der Waals surface area (Å²) in [6, 6.07) is 9.53. The highest BCUT2D eigenvalue weighted by atomic mass is 15.1. The van der Waals surface area contributed by atoms with Gasteiger partial charge in [-0.2, -0.15) is 0 Å². The van der Waals surface area contributed by atoms with E-state index in [9.17, 15) is 0 Å². The molecule has 0 aromatic heterocycles. The summed E-state index contributed by atoms with van der Waals surface area (Å²) in [7, 11) is 4.16. The van der Waals surface area contributed by atoms with Gasteiger partial charge in [0, 0.05) is 31.5 Å². The van der Waals surface area contributed by atoms with Crippen LogP contribution in [0.5, 0.6) is 0 Å². The third kappa shape index (κ3) is 2.26. The van der Waals surface area contributed by atoms with Gasteiger partial charge < -0.3 is 10.2 Å². The van der Waals surface area contributed by atoms with Crippen LogP contribution in [0.2, 0.25) is 0 Å². The van der Waals surface area contributed by atoms with Crippen molar-refractivity contribution in [2.45, 2.75) is 31.7 Å². The minimum absolute atomic E-state index is 0.735. The smallest absolute Gasteiger partial charge is 0.0362 e. The third-order valence-corrected chi connectivity index (χ3v) is 4.32. The first-order valence-corrected chi connectivity index (χ1v) is 6.78. The van der Waals surface area contributed by atoms with E-state index in [-0.39, 0.29) is 0 Å². The quantitative estimate of drug-likeness (QED) is 0.856. The van der Waals surface area contributed by atoms with E-state index in [1.165, 1.54) is 37.1 Å². The van der Waals surface area contributed by atoms with Crippen molar-refractivity contribution in [1.29, 1.82) is 0 Å². The fourth-order valence-electron chi connectivity index (χ4n) is 3.16. The highest BCUT2D eigenvalue weighted by Gasteiger charge is 2.44. The Morgan fingerprint density at radius 2 is 1.88 bits per heavy atom. The van der Waals surface area contributed by atoms with Gasteiger partial charge in [0.05, 0.1) is 0 Å². The Morgan fingerprint density at radius 3 is 2.59 bits per heavy atom. The number of benzene rings is 1. The molecular formula is C15H22N2. The predicted octanol–water partition coefficient (Wildman–Crippen LogP) is 3.35. The molecule has 0 radical (unpaired) electrons. The Balaban J connectivity index is 1.64. The molecule has 0 spiro atoms. The van der Waals surface area contributed by atoms with Gasteiger partial charge in [0.1, 0.15) is 0 Å². The van der Waals surface area contributed by atoms with Crippen molar-refractivity contribution in [2.75, 3.05) is 24.3 Å². The van der Waals surface area contributed by atoms with Crippen LogP contribution in [0.25, 0.3) is 0 Å². The van der Waals surface area contributed by atoms with E-state index in [2.05, 4.69) is 48.6 Å². The second-order valence-corrected chi connectivity index (χ2v) is 5.78. The first-order valence-electron chi connectivity index (χ1n) is 6.78. The second kappa shape index (κ2) is 4.25. The van der Waals surface area contributed by atoms with Crippen molar-refractivity contribution < 1.29 is 0 Å².